The Kier molecular flexibility index (Phi) is 5.42. The molecular formula is C13H19NO4. The first kappa shape index (κ1) is 14.3. The molecule has 0 fully saturated rings. The van der Waals surface area contributed by atoms with Crippen LogP contribution in [0, 0.1) is 0 Å². The molecule has 0 spiro atoms. The molecule has 0 atom stereocenters. The average Bonchev–Trinajstić information content (AvgIpc) is 2.69. The molecule has 18 heavy (non-hydrogen) atoms. The van der Waals surface area contributed by atoms with Gasteiger partial charge in [-0.3, -0.25) is 4.79 Å². The smallest absolute Gasteiger partial charge is 0.339 e. The molecule has 0 amide bonds. The standard InChI is InChI=1S/C13H19NO4/c1-3-5-7-14-8-6-10(13(17)18-4-2)11(14)9-12(15)16/h6,8H,3-5,7,9H2,1-2H3,(H,15,16). The second-order valence-electron chi connectivity index (χ2n) is 4.01. The lowest BCUT2D eigenvalue weighted by Gasteiger charge is -2.09. The summed E-state index contributed by atoms with van der Waals surface area (Å²) in [5.41, 5.74) is 0.879. The molecular weight excluding hydrogens is 234 g/mol. The maximum absolute atomic E-state index is 11.7. The summed E-state index contributed by atoms with van der Waals surface area (Å²) in [5, 5.41) is 8.91. The van der Waals surface area contributed by atoms with Crippen LogP contribution < -0.4 is 0 Å². The Balaban J connectivity index is 2.98. The van der Waals surface area contributed by atoms with E-state index in [1.54, 1.807) is 19.2 Å². The number of aryl methyl sites for hydroxylation is 1. The van der Waals surface area contributed by atoms with Crippen LogP contribution in [-0.4, -0.2) is 28.2 Å². The third-order valence-electron chi connectivity index (χ3n) is 2.65. The molecule has 5 heteroatoms. The molecule has 1 aromatic heterocycles. The van der Waals surface area contributed by atoms with Crippen molar-refractivity contribution < 1.29 is 19.4 Å². The largest absolute Gasteiger partial charge is 0.481 e. The van der Waals surface area contributed by atoms with E-state index in [0.29, 0.717) is 11.3 Å². The number of aliphatic carboxylic acids is 1. The van der Waals surface area contributed by atoms with E-state index in [9.17, 15) is 9.59 Å². The summed E-state index contributed by atoms with van der Waals surface area (Å²) in [4.78, 5) is 22.6. The zero-order chi connectivity index (χ0) is 13.5. The van der Waals surface area contributed by atoms with Gasteiger partial charge in [0.15, 0.2) is 0 Å². The zero-order valence-corrected chi connectivity index (χ0v) is 10.8. The molecule has 100 valence electrons. The van der Waals surface area contributed by atoms with Crippen LogP contribution in [0.3, 0.4) is 0 Å². The Bertz CT molecular complexity index is 423. The van der Waals surface area contributed by atoms with E-state index in [1.807, 2.05) is 4.57 Å². The number of rotatable bonds is 7. The highest BCUT2D eigenvalue weighted by Gasteiger charge is 2.18. The number of hydrogen-bond acceptors (Lipinski definition) is 3. The van der Waals surface area contributed by atoms with Crippen molar-refractivity contribution >= 4 is 11.9 Å². The van der Waals surface area contributed by atoms with E-state index >= 15 is 0 Å². The molecule has 0 saturated carbocycles. The fourth-order valence-corrected chi connectivity index (χ4v) is 1.78. The molecule has 0 bridgehead atoms. The number of ether oxygens (including phenoxy) is 1. The van der Waals surface area contributed by atoms with E-state index in [1.165, 1.54) is 0 Å². The lowest BCUT2D eigenvalue weighted by Crippen LogP contribution is -2.13. The van der Waals surface area contributed by atoms with Crippen LogP contribution in [0.4, 0.5) is 0 Å². The molecule has 1 aromatic rings. The number of aromatic nitrogens is 1. The number of esters is 1. The molecule has 1 heterocycles. The minimum absolute atomic E-state index is 0.162. The van der Waals surface area contributed by atoms with Crippen LogP contribution >= 0.6 is 0 Å². The van der Waals surface area contributed by atoms with Crippen LogP contribution in [-0.2, 0) is 22.5 Å². The van der Waals surface area contributed by atoms with Gasteiger partial charge in [-0.05, 0) is 19.4 Å². The van der Waals surface area contributed by atoms with E-state index in [0.717, 1.165) is 19.4 Å². The van der Waals surface area contributed by atoms with Crippen molar-refractivity contribution in [1.82, 2.24) is 4.57 Å². The monoisotopic (exact) mass is 253 g/mol. The number of unbranched alkanes of at least 4 members (excludes halogenated alkanes) is 1. The molecule has 1 N–H and O–H groups in total. The Morgan fingerprint density at radius 1 is 1.39 bits per heavy atom. The number of carbonyl (C=O) groups excluding carboxylic acids is 1. The van der Waals surface area contributed by atoms with Crippen molar-refractivity contribution in [3.8, 4) is 0 Å². The van der Waals surface area contributed by atoms with Gasteiger partial charge in [0.1, 0.15) is 0 Å². The minimum Gasteiger partial charge on any atom is -0.481 e. The first-order valence-electron chi connectivity index (χ1n) is 6.17. The van der Waals surface area contributed by atoms with Crippen molar-refractivity contribution in [3.05, 3.63) is 23.5 Å². The fourth-order valence-electron chi connectivity index (χ4n) is 1.78. The summed E-state index contributed by atoms with van der Waals surface area (Å²) in [6.07, 6.45) is 3.55. The van der Waals surface area contributed by atoms with Gasteiger partial charge < -0.3 is 14.4 Å². The molecule has 0 aliphatic rings. The highest BCUT2D eigenvalue weighted by atomic mass is 16.5. The van der Waals surface area contributed by atoms with Gasteiger partial charge in [0.25, 0.3) is 0 Å². The molecule has 1 rings (SSSR count). The Labute approximate surface area is 106 Å². The van der Waals surface area contributed by atoms with Gasteiger partial charge in [-0.15, -0.1) is 0 Å². The van der Waals surface area contributed by atoms with E-state index in [2.05, 4.69) is 6.92 Å². The topological polar surface area (TPSA) is 68.5 Å². The minimum atomic E-state index is -0.947. The Morgan fingerprint density at radius 3 is 2.67 bits per heavy atom. The summed E-state index contributed by atoms with van der Waals surface area (Å²) in [6, 6.07) is 1.63. The van der Waals surface area contributed by atoms with Crippen molar-refractivity contribution in [1.29, 1.82) is 0 Å². The second-order valence-corrected chi connectivity index (χ2v) is 4.01. The van der Waals surface area contributed by atoms with Gasteiger partial charge in [0.05, 0.1) is 18.6 Å². The molecule has 0 radical (unpaired) electrons. The number of carboxylic acids is 1. The molecule has 0 unspecified atom stereocenters. The number of nitrogens with zero attached hydrogens (tertiary/aromatic N) is 1. The molecule has 0 aliphatic carbocycles. The summed E-state index contributed by atoms with van der Waals surface area (Å²) in [5.74, 6) is -1.40. The molecule has 0 saturated heterocycles. The number of hydrogen-bond donors (Lipinski definition) is 1. The van der Waals surface area contributed by atoms with Crippen LogP contribution in [0.5, 0.6) is 0 Å². The van der Waals surface area contributed by atoms with Gasteiger partial charge in [-0.1, -0.05) is 13.3 Å². The first-order valence-corrected chi connectivity index (χ1v) is 6.17. The van der Waals surface area contributed by atoms with Crippen LogP contribution in [0.25, 0.3) is 0 Å². The van der Waals surface area contributed by atoms with Crippen molar-refractivity contribution in [2.75, 3.05) is 6.61 Å². The maximum atomic E-state index is 11.7. The van der Waals surface area contributed by atoms with Gasteiger partial charge in [0.2, 0.25) is 0 Å². The average molecular weight is 253 g/mol. The van der Waals surface area contributed by atoms with Crippen LogP contribution in [0.2, 0.25) is 0 Å². The Morgan fingerprint density at radius 2 is 2.11 bits per heavy atom. The summed E-state index contributed by atoms with van der Waals surface area (Å²) < 4.78 is 6.75. The van der Waals surface area contributed by atoms with Gasteiger partial charge in [-0.25, -0.2) is 4.79 Å². The molecule has 0 aliphatic heterocycles. The highest BCUT2D eigenvalue weighted by molar-refractivity contribution is 5.92. The third-order valence-corrected chi connectivity index (χ3v) is 2.65. The summed E-state index contributed by atoms with van der Waals surface area (Å²) in [7, 11) is 0. The SMILES string of the molecule is CCCCn1ccc(C(=O)OCC)c1CC(=O)O. The lowest BCUT2D eigenvalue weighted by molar-refractivity contribution is -0.136. The normalized spacial score (nSPS) is 10.3. The number of carboxylic acid groups (broad SMARTS) is 1. The molecule has 5 nitrogen and oxygen atoms in total. The van der Waals surface area contributed by atoms with E-state index in [4.69, 9.17) is 9.84 Å². The van der Waals surface area contributed by atoms with Crippen LogP contribution in [0.1, 0.15) is 42.7 Å². The highest BCUT2D eigenvalue weighted by Crippen LogP contribution is 2.15. The van der Waals surface area contributed by atoms with Crippen molar-refractivity contribution in [3.63, 3.8) is 0 Å². The third kappa shape index (κ3) is 3.61. The quantitative estimate of drug-likeness (QED) is 0.755. The molecule has 0 aromatic carbocycles. The second kappa shape index (κ2) is 6.83. The summed E-state index contributed by atoms with van der Waals surface area (Å²) >= 11 is 0. The number of carbonyl (C=O) groups is 2. The Hall–Kier alpha value is -1.78. The first-order chi connectivity index (χ1) is 8.60. The van der Waals surface area contributed by atoms with Gasteiger partial charge in [-0.2, -0.15) is 0 Å². The van der Waals surface area contributed by atoms with E-state index in [-0.39, 0.29) is 13.0 Å². The summed E-state index contributed by atoms with van der Waals surface area (Å²) in [6.45, 7) is 4.79. The predicted octanol–water partition coefficient (Wildman–Crippen LogP) is 2.09. The van der Waals surface area contributed by atoms with Crippen molar-refractivity contribution in [2.45, 2.75) is 39.7 Å². The van der Waals surface area contributed by atoms with Crippen molar-refractivity contribution in [2.24, 2.45) is 0 Å². The lowest BCUT2D eigenvalue weighted by atomic mass is 10.2. The van der Waals surface area contributed by atoms with Gasteiger partial charge in [0, 0.05) is 18.4 Å². The predicted molar refractivity (Wildman–Crippen MR) is 66.6 cm³/mol. The van der Waals surface area contributed by atoms with E-state index < -0.39 is 11.9 Å². The van der Waals surface area contributed by atoms with Gasteiger partial charge >= 0.3 is 11.9 Å². The fraction of sp³-hybridized carbons (Fsp3) is 0.538. The zero-order valence-electron chi connectivity index (χ0n) is 10.8. The maximum Gasteiger partial charge on any atom is 0.339 e. The van der Waals surface area contributed by atoms with Crippen LogP contribution in [0.15, 0.2) is 12.3 Å².